The number of halogens is 2. The second kappa shape index (κ2) is 4.86. The zero-order valence-corrected chi connectivity index (χ0v) is 7.84. The molecule has 1 aromatic carbocycles. The number of hydrogen-bond acceptors (Lipinski definition) is 4. The summed E-state index contributed by atoms with van der Waals surface area (Å²) in [6.45, 7) is 0. The smallest absolute Gasteiger partial charge is 0.271 e. The van der Waals surface area contributed by atoms with E-state index >= 15 is 0 Å². The lowest BCUT2D eigenvalue weighted by Gasteiger charge is -1.99. The SMILES string of the molecule is Cl.NOc1ccc([N+](=O)[O-])cc1Cl. The molecule has 0 spiro atoms. The molecule has 2 N–H and O–H groups in total. The number of nitro benzene ring substituents is 1. The second-order valence-corrected chi connectivity index (χ2v) is 2.40. The average Bonchev–Trinajstić information content (AvgIpc) is 2.04. The van der Waals surface area contributed by atoms with Gasteiger partial charge in [-0.05, 0) is 6.07 Å². The lowest BCUT2D eigenvalue weighted by Crippen LogP contribution is -2.02. The third-order valence-corrected chi connectivity index (χ3v) is 1.55. The van der Waals surface area contributed by atoms with E-state index in [2.05, 4.69) is 4.84 Å². The third-order valence-electron chi connectivity index (χ3n) is 1.25. The zero-order valence-electron chi connectivity index (χ0n) is 6.27. The minimum atomic E-state index is -0.549. The first-order valence-electron chi connectivity index (χ1n) is 2.96. The van der Waals surface area contributed by atoms with Crippen LogP contribution in [0.15, 0.2) is 18.2 Å². The molecule has 0 amide bonds. The Morgan fingerprint density at radius 1 is 1.54 bits per heavy atom. The van der Waals surface area contributed by atoms with Crippen molar-refractivity contribution in [3.8, 4) is 5.75 Å². The molecule has 0 unspecified atom stereocenters. The molecule has 0 bridgehead atoms. The van der Waals surface area contributed by atoms with Crippen molar-refractivity contribution in [1.29, 1.82) is 0 Å². The molecular weight excluding hydrogens is 219 g/mol. The van der Waals surface area contributed by atoms with Gasteiger partial charge in [-0.1, -0.05) is 11.6 Å². The van der Waals surface area contributed by atoms with Gasteiger partial charge >= 0.3 is 0 Å². The Balaban J connectivity index is 0.00000144. The summed E-state index contributed by atoms with van der Waals surface area (Å²) in [6.07, 6.45) is 0. The van der Waals surface area contributed by atoms with Crippen molar-refractivity contribution in [2.45, 2.75) is 0 Å². The normalized spacial score (nSPS) is 8.77. The zero-order chi connectivity index (χ0) is 9.14. The number of benzene rings is 1. The van der Waals surface area contributed by atoms with Gasteiger partial charge in [0.1, 0.15) is 0 Å². The third kappa shape index (κ3) is 2.73. The van der Waals surface area contributed by atoms with E-state index in [4.69, 9.17) is 17.5 Å². The van der Waals surface area contributed by atoms with Crippen LogP contribution in [0.1, 0.15) is 0 Å². The lowest BCUT2D eigenvalue weighted by atomic mass is 10.3. The van der Waals surface area contributed by atoms with Crippen LogP contribution in [0.4, 0.5) is 5.69 Å². The number of hydrogen-bond donors (Lipinski definition) is 1. The van der Waals surface area contributed by atoms with Crippen molar-refractivity contribution in [3.05, 3.63) is 33.3 Å². The van der Waals surface area contributed by atoms with E-state index in [-0.39, 0.29) is 28.9 Å². The summed E-state index contributed by atoms with van der Waals surface area (Å²) >= 11 is 5.56. The molecule has 0 saturated heterocycles. The molecule has 0 radical (unpaired) electrons. The van der Waals surface area contributed by atoms with Gasteiger partial charge in [0.05, 0.1) is 9.95 Å². The summed E-state index contributed by atoms with van der Waals surface area (Å²) in [7, 11) is 0. The Morgan fingerprint density at radius 3 is 2.54 bits per heavy atom. The van der Waals surface area contributed by atoms with Gasteiger partial charge in [-0.2, -0.15) is 5.90 Å². The predicted octanol–water partition coefficient (Wildman–Crippen LogP) is 1.92. The monoisotopic (exact) mass is 224 g/mol. The topological polar surface area (TPSA) is 78.4 Å². The van der Waals surface area contributed by atoms with Crippen molar-refractivity contribution in [2.75, 3.05) is 0 Å². The van der Waals surface area contributed by atoms with Crippen LogP contribution in [-0.4, -0.2) is 4.92 Å². The maximum absolute atomic E-state index is 10.2. The van der Waals surface area contributed by atoms with Gasteiger partial charge in [0.2, 0.25) is 0 Å². The van der Waals surface area contributed by atoms with Crippen LogP contribution in [-0.2, 0) is 0 Å². The minimum Gasteiger partial charge on any atom is -0.410 e. The summed E-state index contributed by atoms with van der Waals surface area (Å²) in [5.41, 5.74) is -0.0965. The van der Waals surface area contributed by atoms with Crippen LogP contribution in [0.5, 0.6) is 5.75 Å². The van der Waals surface area contributed by atoms with Gasteiger partial charge in [0.15, 0.2) is 5.75 Å². The van der Waals surface area contributed by atoms with Crippen molar-refractivity contribution in [2.24, 2.45) is 5.90 Å². The number of non-ortho nitro benzene ring substituents is 1. The van der Waals surface area contributed by atoms with Gasteiger partial charge in [-0.15, -0.1) is 12.4 Å². The molecule has 72 valence electrons. The van der Waals surface area contributed by atoms with E-state index in [1.165, 1.54) is 18.2 Å². The molecule has 0 fully saturated rings. The van der Waals surface area contributed by atoms with Crippen LogP contribution in [0.25, 0.3) is 0 Å². The van der Waals surface area contributed by atoms with Crippen molar-refractivity contribution in [1.82, 2.24) is 0 Å². The maximum Gasteiger partial charge on any atom is 0.271 e. The number of nitro groups is 1. The highest BCUT2D eigenvalue weighted by molar-refractivity contribution is 6.32. The molecular formula is C6H6Cl2N2O3. The molecule has 5 nitrogen and oxygen atoms in total. The maximum atomic E-state index is 10.2. The van der Waals surface area contributed by atoms with Crippen LogP contribution >= 0.6 is 24.0 Å². The number of rotatable bonds is 2. The fourth-order valence-corrected chi connectivity index (χ4v) is 0.918. The number of nitrogens with two attached hydrogens (primary N) is 1. The van der Waals surface area contributed by atoms with Crippen molar-refractivity contribution in [3.63, 3.8) is 0 Å². The van der Waals surface area contributed by atoms with E-state index in [1.54, 1.807) is 0 Å². The Kier molecular flexibility index (Phi) is 4.47. The standard InChI is InChI=1S/C6H5ClN2O3.ClH/c7-5-3-4(9(10)11)1-2-6(5)12-8;/h1-3H,8H2;1H. The van der Waals surface area contributed by atoms with E-state index in [1.807, 2.05) is 0 Å². The highest BCUT2D eigenvalue weighted by Crippen LogP contribution is 2.27. The molecule has 7 heteroatoms. The molecule has 13 heavy (non-hydrogen) atoms. The van der Waals surface area contributed by atoms with Gasteiger partial charge in [0, 0.05) is 12.1 Å². The summed E-state index contributed by atoms with van der Waals surface area (Å²) in [5.74, 6) is 5.03. The van der Waals surface area contributed by atoms with E-state index in [9.17, 15) is 10.1 Å². The van der Waals surface area contributed by atoms with E-state index in [0.29, 0.717) is 0 Å². The van der Waals surface area contributed by atoms with Crippen LogP contribution in [0.2, 0.25) is 5.02 Å². The fourth-order valence-electron chi connectivity index (χ4n) is 0.699. The summed E-state index contributed by atoms with van der Waals surface area (Å²) in [4.78, 5) is 14.0. The molecule has 0 aromatic heterocycles. The predicted molar refractivity (Wildman–Crippen MR) is 50.2 cm³/mol. The molecule has 0 aliphatic heterocycles. The minimum absolute atomic E-state index is 0. The quantitative estimate of drug-likeness (QED) is 0.615. The van der Waals surface area contributed by atoms with Gasteiger partial charge < -0.3 is 4.84 Å². The molecule has 0 atom stereocenters. The Morgan fingerprint density at radius 2 is 2.15 bits per heavy atom. The van der Waals surface area contributed by atoms with Crippen LogP contribution in [0.3, 0.4) is 0 Å². The second-order valence-electron chi connectivity index (χ2n) is 1.99. The molecule has 1 rings (SSSR count). The molecule has 0 saturated carbocycles. The van der Waals surface area contributed by atoms with Gasteiger partial charge in [-0.3, -0.25) is 10.1 Å². The molecule has 0 aliphatic rings. The highest BCUT2D eigenvalue weighted by Gasteiger charge is 2.09. The first-order valence-corrected chi connectivity index (χ1v) is 3.33. The van der Waals surface area contributed by atoms with E-state index in [0.717, 1.165) is 0 Å². The Bertz CT molecular complexity index is 319. The lowest BCUT2D eigenvalue weighted by molar-refractivity contribution is -0.384. The molecule has 0 heterocycles. The highest BCUT2D eigenvalue weighted by atomic mass is 35.5. The largest absolute Gasteiger partial charge is 0.410 e. The average molecular weight is 225 g/mol. The number of nitrogens with zero attached hydrogens (tertiary/aromatic N) is 1. The summed E-state index contributed by atoms with van der Waals surface area (Å²) in [6, 6.07) is 3.76. The first-order chi connectivity index (χ1) is 5.65. The Hall–Kier alpha value is -1.04. The summed E-state index contributed by atoms with van der Waals surface area (Å²) in [5, 5.41) is 10.3. The Labute approximate surface area is 84.9 Å². The van der Waals surface area contributed by atoms with Gasteiger partial charge in [0.25, 0.3) is 5.69 Å². The van der Waals surface area contributed by atoms with Crippen molar-refractivity contribution < 1.29 is 9.76 Å². The van der Waals surface area contributed by atoms with Crippen molar-refractivity contribution >= 4 is 29.7 Å². The first kappa shape index (κ1) is 12.0. The van der Waals surface area contributed by atoms with Crippen LogP contribution < -0.4 is 10.7 Å². The fraction of sp³-hybridized carbons (Fsp3) is 0. The van der Waals surface area contributed by atoms with Gasteiger partial charge in [-0.25, -0.2) is 0 Å². The molecule has 0 aliphatic carbocycles. The van der Waals surface area contributed by atoms with Crippen LogP contribution in [0, 0.1) is 10.1 Å². The molecule has 1 aromatic rings. The van der Waals surface area contributed by atoms with E-state index < -0.39 is 4.92 Å². The summed E-state index contributed by atoms with van der Waals surface area (Å²) < 4.78 is 0.